The maximum absolute atomic E-state index is 12.7. The van der Waals surface area contributed by atoms with Crippen molar-refractivity contribution in [2.75, 3.05) is 19.7 Å². The Labute approximate surface area is 178 Å². The number of carbonyl (C=O) groups is 3. The molecule has 3 rings (SSSR count). The summed E-state index contributed by atoms with van der Waals surface area (Å²) in [7, 11) is -3.72. The molecule has 0 radical (unpaired) electrons. The molecule has 1 aromatic carbocycles. The minimum atomic E-state index is -3.72. The summed E-state index contributed by atoms with van der Waals surface area (Å²) >= 11 is 1.26. The van der Waals surface area contributed by atoms with Crippen LogP contribution >= 0.6 is 11.3 Å². The monoisotopic (exact) mass is 451 g/mol. The minimum Gasteiger partial charge on any atom is -0.448 e. The average Bonchev–Trinajstić information content (AvgIpc) is 3.46. The molecule has 1 fully saturated rings. The van der Waals surface area contributed by atoms with Gasteiger partial charge in [0.05, 0.1) is 17.1 Å². The first-order valence-corrected chi connectivity index (χ1v) is 11.7. The zero-order valence-corrected chi connectivity index (χ0v) is 17.9. The Bertz CT molecular complexity index is 1030. The maximum Gasteiger partial charge on any atom is 0.436 e. The van der Waals surface area contributed by atoms with Crippen molar-refractivity contribution in [2.24, 2.45) is 0 Å². The number of hydrazine groups is 1. The van der Waals surface area contributed by atoms with E-state index in [0.717, 1.165) is 12.8 Å². The van der Waals surface area contributed by atoms with Crippen molar-refractivity contribution in [3.8, 4) is 0 Å². The van der Waals surface area contributed by atoms with Gasteiger partial charge in [-0.25, -0.2) is 13.2 Å². The van der Waals surface area contributed by atoms with Gasteiger partial charge in [0.15, 0.2) is 0 Å². The molecule has 30 heavy (non-hydrogen) atoms. The Morgan fingerprint density at radius 3 is 2.53 bits per heavy atom. The van der Waals surface area contributed by atoms with Gasteiger partial charge in [0.1, 0.15) is 0 Å². The summed E-state index contributed by atoms with van der Waals surface area (Å²) in [6.07, 6.45) is 0.542. The number of benzene rings is 1. The highest BCUT2D eigenvalue weighted by atomic mass is 32.2. The Morgan fingerprint density at radius 2 is 1.90 bits per heavy atom. The van der Waals surface area contributed by atoms with Crippen LogP contribution in [0.25, 0.3) is 0 Å². The highest BCUT2D eigenvalue weighted by molar-refractivity contribution is 7.89. The Morgan fingerprint density at radius 1 is 1.17 bits per heavy atom. The quantitative estimate of drug-likeness (QED) is 0.699. The topological polar surface area (TPSA) is 113 Å². The summed E-state index contributed by atoms with van der Waals surface area (Å²) in [4.78, 5) is 37.5. The van der Waals surface area contributed by atoms with Crippen molar-refractivity contribution >= 4 is 39.3 Å². The van der Waals surface area contributed by atoms with Crippen LogP contribution in [0.2, 0.25) is 0 Å². The summed E-state index contributed by atoms with van der Waals surface area (Å²) in [6, 6.07) is 6.98. The van der Waals surface area contributed by atoms with E-state index in [1.807, 2.05) is 0 Å². The Hall–Kier alpha value is -2.76. The fourth-order valence-corrected chi connectivity index (χ4v) is 5.12. The van der Waals surface area contributed by atoms with E-state index in [4.69, 9.17) is 4.74 Å². The first-order chi connectivity index (χ1) is 14.3. The van der Waals surface area contributed by atoms with Gasteiger partial charge in [-0.2, -0.15) is 15.6 Å². The molecule has 0 bridgehead atoms. The van der Waals surface area contributed by atoms with E-state index in [-0.39, 0.29) is 22.6 Å². The lowest BCUT2D eigenvalue weighted by Gasteiger charge is -2.20. The van der Waals surface area contributed by atoms with Crippen molar-refractivity contribution in [1.82, 2.24) is 14.7 Å². The number of ether oxygens (including phenoxy) is 1. The normalized spacial score (nSPS) is 14.3. The van der Waals surface area contributed by atoms with Gasteiger partial charge in [-0.05, 0) is 49.4 Å². The number of nitrogens with zero attached hydrogens (tertiary/aromatic N) is 2. The molecule has 0 saturated carbocycles. The summed E-state index contributed by atoms with van der Waals surface area (Å²) in [5, 5.41) is 3.67. The van der Waals surface area contributed by atoms with Gasteiger partial charge in [-0.15, -0.1) is 5.01 Å². The van der Waals surface area contributed by atoms with Crippen molar-refractivity contribution in [3.05, 3.63) is 52.2 Å². The van der Waals surface area contributed by atoms with Crippen LogP contribution in [-0.2, 0) is 14.8 Å². The fraction of sp³-hybridized carbons (Fsp3) is 0.316. The Balaban J connectivity index is 1.84. The summed E-state index contributed by atoms with van der Waals surface area (Å²) < 4.78 is 31.7. The molecule has 2 aromatic rings. The standard InChI is InChI=1S/C19H21N3O6S2/c1-2-28-19(25)22(18(24)15-8-11-29-13-15)20-17(23)14-6-5-7-16(12-14)30(26,27)21-9-3-4-10-21/h5-8,11-13H,2-4,9-10H2,1H3,(H,20,23). The van der Waals surface area contributed by atoms with E-state index in [1.165, 1.54) is 51.4 Å². The molecule has 0 atom stereocenters. The third kappa shape index (κ3) is 4.69. The van der Waals surface area contributed by atoms with Crippen molar-refractivity contribution in [1.29, 1.82) is 0 Å². The molecule has 9 nitrogen and oxygen atoms in total. The van der Waals surface area contributed by atoms with Crippen LogP contribution in [0.5, 0.6) is 0 Å². The lowest BCUT2D eigenvalue weighted by atomic mass is 10.2. The van der Waals surface area contributed by atoms with Crippen LogP contribution < -0.4 is 5.43 Å². The number of imide groups is 1. The zero-order valence-electron chi connectivity index (χ0n) is 16.2. The molecule has 1 aliphatic rings. The second-order valence-corrected chi connectivity index (χ2v) is 9.15. The zero-order chi connectivity index (χ0) is 21.7. The van der Waals surface area contributed by atoms with Crippen molar-refractivity contribution < 1.29 is 27.5 Å². The number of sulfonamides is 1. The van der Waals surface area contributed by atoms with E-state index in [0.29, 0.717) is 18.1 Å². The van der Waals surface area contributed by atoms with Crippen LogP contribution in [0.1, 0.15) is 40.5 Å². The van der Waals surface area contributed by atoms with Crippen LogP contribution in [0.15, 0.2) is 46.0 Å². The number of thiophene rings is 1. The molecule has 1 N–H and O–H groups in total. The van der Waals surface area contributed by atoms with E-state index in [9.17, 15) is 22.8 Å². The molecule has 3 amide bonds. The van der Waals surface area contributed by atoms with Gasteiger partial charge < -0.3 is 4.74 Å². The van der Waals surface area contributed by atoms with Crippen LogP contribution in [0.4, 0.5) is 4.79 Å². The molecule has 160 valence electrons. The second-order valence-electron chi connectivity index (χ2n) is 6.43. The molecule has 0 aliphatic carbocycles. The van der Waals surface area contributed by atoms with E-state index in [2.05, 4.69) is 5.43 Å². The Kier molecular flexibility index (Phi) is 6.85. The number of hydrogen-bond donors (Lipinski definition) is 1. The average molecular weight is 452 g/mol. The van der Waals surface area contributed by atoms with E-state index < -0.39 is 27.9 Å². The number of amides is 3. The molecular weight excluding hydrogens is 430 g/mol. The molecule has 1 saturated heterocycles. The van der Waals surface area contributed by atoms with Gasteiger partial charge in [0.2, 0.25) is 10.0 Å². The maximum atomic E-state index is 12.7. The SMILES string of the molecule is CCOC(=O)N(NC(=O)c1cccc(S(=O)(=O)N2CCCC2)c1)C(=O)c1ccsc1. The van der Waals surface area contributed by atoms with Gasteiger partial charge in [-0.3, -0.25) is 15.0 Å². The highest BCUT2D eigenvalue weighted by Crippen LogP contribution is 2.21. The number of carbonyl (C=O) groups excluding carboxylic acids is 3. The smallest absolute Gasteiger partial charge is 0.436 e. The predicted molar refractivity (Wildman–Crippen MR) is 109 cm³/mol. The third-order valence-electron chi connectivity index (χ3n) is 4.43. The summed E-state index contributed by atoms with van der Waals surface area (Å²) in [5.74, 6) is -1.58. The number of rotatable bonds is 5. The second kappa shape index (κ2) is 9.37. The lowest BCUT2D eigenvalue weighted by molar-refractivity contribution is 0.0506. The lowest BCUT2D eigenvalue weighted by Crippen LogP contribution is -2.50. The largest absolute Gasteiger partial charge is 0.448 e. The van der Waals surface area contributed by atoms with Gasteiger partial charge in [0.25, 0.3) is 11.8 Å². The number of nitrogens with one attached hydrogen (secondary N) is 1. The van der Waals surface area contributed by atoms with Crippen molar-refractivity contribution in [3.63, 3.8) is 0 Å². The molecule has 0 spiro atoms. The first-order valence-electron chi connectivity index (χ1n) is 9.29. The van der Waals surface area contributed by atoms with Crippen LogP contribution in [0.3, 0.4) is 0 Å². The van der Waals surface area contributed by atoms with Gasteiger partial charge in [-0.1, -0.05) is 6.07 Å². The van der Waals surface area contributed by atoms with Crippen LogP contribution in [0, 0.1) is 0 Å². The third-order valence-corrected chi connectivity index (χ3v) is 7.01. The predicted octanol–water partition coefficient (Wildman–Crippen LogP) is 2.48. The van der Waals surface area contributed by atoms with E-state index in [1.54, 1.807) is 12.3 Å². The molecule has 1 aromatic heterocycles. The number of hydrogen-bond acceptors (Lipinski definition) is 7. The first kappa shape index (κ1) is 21.9. The summed E-state index contributed by atoms with van der Waals surface area (Å²) in [6.45, 7) is 2.44. The highest BCUT2D eigenvalue weighted by Gasteiger charge is 2.29. The van der Waals surface area contributed by atoms with Gasteiger partial charge in [0, 0.05) is 24.0 Å². The molecule has 1 aliphatic heterocycles. The minimum absolute atomic E-state index is 0.00564. The molecule has 11 heteroatoms. The summed E-state index contributed by atoms with van der Waals surface area (Å²) in [5.41, 5.74) is 2.42. The van der Waals surface area contributed by atoms with Crippen molar-refractivity contribution in [2.45, 2.75) is 24.7 Å². The molecular formula is C19H21N3O6S2. The van der Waals surface area contributed by atoms with E-state index >= 15 is 0 Å². The van der Waals surface area contributed by atoms with Crippen LogP contribution in [-0.4, -0.2) is 55.3 Å². The molecule has 2 heterocycles. The fourth-order valence-electron chi connectivity index (χ4n) is 2.92. The van der Waals surface area contributed by atoms with Gasteiger partial charge >= 0.3 is 6.09 Å². The molecule has 0 unspecified atom stereocenters.